The summed E-state index contributed by atoms with van der Waals surface area (Å²) in [4.78, 5) is 18.8. The van der Waals surface area contributed by atoms with Gasteiger partial charge < -0.3 is 14.6 Å². The summed E-state index contributed by atoms with van der Waals surface area (Å²) in [6.45, 7) is 1.29. The van der Waals surface area contributed by atoms with Crippen LogP contribution >= 0.6 is 11.3 Å². The number of likely N-dealkylation sites (tertiary alicyclic amines) is 1. The van der Waals surface area contributed by atoms with Crippen LogP contribution in [-0.2, 0) is 4.79 Å². The van der Waals surface area contributed by atoms with Crippen molar-refractivity contribution in [3.8, 4) is 11.5 Å². The standard InChI is InChI=1S/C22H24N2O4S/c1-27-15-9-10-18(28-2)16(12-15)20(24-11-5-6-14(13-24)22(25)26)21-23-17-7-3-4-8-19(17)29-21/h3-4,7-10,12,14,20H,5-6,11,13H2,1-2H3,(H,25,26). The smallest absolute Gasteiger partial charge is 0.307 e. The van der Waals surface area contributed by atoms with Crippen molar-refractivity contribution in [3.63, 3.8) is 0 Å². The lowest BCUT2D eigenvalue weighted by molar-refractivity contribution is -0.143. The van der Waals surface area contributed by atoms with Crippen LogP contribution in [0, 0.1) is 5.92 Å². The van der Waals surface area contributed by atoms with E-state index in [1.54, 1.807) is 25.6 Å². The molecule has 152 valence electrons. The fourth-order valence-corrected chi connectivity index (χ4v) is 5.11. The summed E-state index contributed by atoms with van der Waals surface area (Å²) >= 11 is 1.64. The van der Waals surface area contributed by atoms with Crippen LogP contribution in [0.25, 0.3) is 10.2 Å². The number of piperidine rings is 1. The minimum atomic E-state index is -0.740. The second-order valence-electron chi connectivity index (χ2n) is 7.20. The lowest BCUT2D eigenvalue weighted by Gasteiger charge is -2.36. The Morgan fingerprint density at radius 2 is 2.07 bits per heavy atom. The van der Waals surface area contributed by atoms with Gasteiger partial charge in [0.15, 0.2) is 0 Å². The predicted octanol–water partition coefficient (Wildman–Crippen LogP) is 4.20. The van der Waals surface area contributed by atoms with Crippen LogP contribution in [0.5, 0.6) is 11.5 Å². The van der Waals surface area contributed by atoms with Crippen molar-refractivity contribution in [1.82, 2.24) is 9.88 Å². The Morgan fingerprint density at radius 1 is 1.24 bits per heavy atom. The molecule has 1 aromatic heterocycles. The van der Waals surface area contributed by atoms with Crippen molar-refractivity contribution < 1.29 is 19.4 Å². The van der Waals surface area contributed by atoms with Crippen LogP contribution in [0.4, 0.5) is 0 Å². The Balaban J connectivity index is 1.84. The zero-order valence-corrected chi connectivity index (χ0v) is 17.3. The number of ether oxygens (including phenoxy) is 2. The third kappa shape index (κ3) is 3.93. The largest absolute Gasteiger partial charge is 0.497 e. The number of aliphatic carboxylic acids is 1. The number of fused-ring (bicyclic) bond motifs is 1. The molecule has 1 aliphatic heterocycles. The molecule has 0 spiro atoms. The summed E-state index contributed by atoms with van der Waals surface area (Å²) < 4.78 is 12.2. The minimum Gasteiger partial charge on any atom is -0.497 e. The molecule has 2 heterocycles. The van der Waals surface area contributed by atoms with E-state index in [2.05, 4.69) is 11.0 Å². The molecule has 0 amide bonds. The van der Waals surface area contributed by atoms with Gasteiger partial charge in [0.2, 0.25) is 0 Å². The van der Waals surface area contributed by atoms with Crippen molar-refractivity contribution in [2.45, 2.75) is 18.9 Å². The molecule has 1 N–H and O–H groups in total. The van der Waals surface area contributed by atoms with Crippen molar-refractivity contribution in [1.29, 1.82) is 0 Å². The van der Waals surface area contributed by atoms with Gasteiger partial charge in [0.05, 0.1) is 36.4 Å². The molecule has 7 heteroatoms. The Kier molecular flexibility index (Phi) is 5.69. The summed E-state index contributed by atoms with van der Waals surface area (Å²) in [7, 11) is 3.29. The van der Waals surface area contributed by atoms with Crippen molar-refractivity contribution in [2.24, 2.45) is 5.92 Å². The topological polar surface area (TPSA) is 71.9 Å². The lowest BCUT2D eigenvalue weighted by atomic mass is 9.94. The molecule has 4 rings (SSSR count). The summed E-state index contributed by atoms with van der Waals surface area (Å²) in [5, 5.41) is 10.5. The van der Waals surface area contributed by atoms with E-state index in [9.17, 15) is 9.90 Å². The van der Waals surface area contributed by atoms with Gasteiger partial charge in [-0.25, -0.2) is 4.98 Å². The molecule has 2 aromatic carbocycles. The van der Waals surface area contributed by atoms with E-state index in [-0.39, 0.29) is 12.0 Å². The zero-order chi connectivity index (χ0) is 20.4. The molecular formula is C22H24N2O4S. The van der Waals surface area contributed by atoms with Crippen LogP contribution in [0.2, 0.25) is 0 Å². The number of nitrogens with zero attached hydrogens (tertiary/aromatic N) is 2. The molecule has 1 fully saturated rings. The van der Waals surface area contributed by atoms with E-state index in [0.717, 1.165) is 45.3 Å². The second kappa shape index (κ2) is 8.39. The number of aromatic nitrogens is 1. The van der Waals surface area contributed by atoms with E-state index in [4.69, 9.17) is 14.5 Å². The summed E-state index contributed by atoms with van der Waals surface area (Å²) in [5.41, 5.74) is 1.89. The molecule has 1 saturated heterocycles. The van der Waals surface area contributed by atoms with E-state index in [0.29, 0.717) is 13.0 Å². The highest BCUT2D eigenvalue weighted by Crippen LogP contribution is 2.41. The third-order valence-corrected chi connectivity index (χ3v) is 6.53. The van der Waals surface area contributed by atoms with Gasteiger partial charge in [-0.1, -0.05) is 12.1 Å². The third-order valence-electron chi connectivity index (χ3n) is 5.44. The molecule has 29 heavy (non-hydrogen) atoms. The normalized spacial score (nSPS) is 18.5. The maximum absolute atomic E-state index is 11.7. The van der Waals surface area contributed by atoms with Gasteiger partial charge in [-0.15, -0.1) is 11.3 Å². The fraction of sp³-hybridized carbons (Fsp3) is 0.364. The molecule has 1 aliphatic rings. The van der Waals surface area contributed by atoms with E-state index in [1.165, 1.54) is 0 Å². The van der Waals surface area contributed by atoms with Gasteiger partial charge in [0.1, 0.15) is 16.5 Å². The highest BCUT2D eigenvalue weighted by Gasteiger charge is 2.34. The van der Waals surface area contributed by atoms with E-state index >= 15 is 0 Å². The Morgan fingerprint density at radius 3 is 2.79 bits per heavy atom. The Labute approximate surface area is 173 Å². The Bertz CT molecular complexity index is 986. The molecule has 0 saturated carbocycles. The fourth-order valence-electron chi connectivity index (χ4n) is 3.99. The number of methoxy groups -OCH3 is 2. The second-order valence-corrected chi connectivity index (χ2v) is 8.26. The van der Waals surface area contributed by atoms with Crippen molar-refractivity contribution in [3.05, 3.63) is 53.0 Å². The number of carboxylic acid groups (broad SMARTS) is 1. The molecule has 6 nitrogen and oxygen atoms in total. The van der Waals surface area contributed by atoms with Crippen LogP contribution < -0.4 is 9.47 Å². The first kappa shape index (κ1) is 19.7. The van der Waals surface area contributed by atoms with Gasteiger partial charge in [0.25, 0.3) is 0 Å². The Hall–Kier alpha value is -2.64. The van der Waals surface area contributed by atoms with Gasteiger partial charge in [-0.05, 0) is 49.7 Å². The van der Waals surface area contributed by atoms with Gasteiger partial charge in [-0.2, -0.15) is 0 Å². The minimum absolute atomic E-state index is 0.195. The number of carbonyl (C=O) groups is 1. The maximum atomic E-state index is 11.7. The quantitative estimate of drug-likeness (QED) is 0.654. The molecule has 0 aliphatic carbocycles. The SMILES string of the molecule is COc1ccc(OC)c(C(c2nc3ccccc3s2)N2CCCC(C(=O)O)C2)c1. The van der Waals surface area contributed by atoms with Gasteiger partial charge in [-0.3, -0.25) is 9.69 Å². The van der Waals surface area contributed by atoms with Crippen LogP contribution in [-0.4, -0.2) is 48.3 Å². The average Bonchev–Trinajstić information content (AvgIpc) is 3.17. The van der Waals surface area contributed by atoms with E-state index < -0.39 is 5.97 Å². The molecule has 0 radical (unpaired) electrons. The molecule has 0 bridgehead atoms. The van der Waals surface area contributed by atoms with Gasteiger partial charge >= 0.3 is 5.97 Å². The lowest BCUT2D eigenvalue weighted by Crippen LogP contribution is -2.41. The number of thiazole rings is 1. The number of hydrogen-bond acceptors (Lipinski definition) is 6. The molecule has 2 atom stereocenters. The van der Waals surface area contributed by atoms with Crippen LogP contribution in [0.1, 0.15) is 29.5 Å². The number of para-hydroxylation sites is 1. The zero-order valence-electron chi connectivity index (χ0n) is 16.5. The number of benzene rings is 2. The van der Waals surface area contributed by atoms with E-state index in [1.807, 2.05) is 36.4 Å². The number of hydrogen-bond donors (Lipinski definition) is 1. The van der Waals surface area contributed by atoms with Crippen LogP contribution in [0.3, 0.4) is 0 Å². The first-order valence-electron chi connectivity index (χ1n) is 9.65. The highest BCUT2D eigenvalue weighted by molar-refractivity contribution is 7.18. The van der Waals surface area contributed by atoms with Crippen molar-refractivity contribution >= 4 is 27.5 Å². The highest BCUT2D eigenvalue weighted by atomic mass is 32.1. The summed E-state index contributed by atoms with van der Waals surface area (Å²) in [6.07, 6.45) is 1.54. The first-order chi connectivity index (χ1) is 14.1. The first-order valence-corrected chi connectivity index (χ1v) is 10.5. The molecule has 2 unspecified atom stereocenters. The summed E-state index contributed by atoms with van der Waals surface area (Å²) in [6, 6.07) is 13.6. The van der Waals surface area contributed by atoms with Gasteiger partial charge in [0, 0.05) is 12.1 Å². The number of rotatable bonds is 6. The average molecular weight is 413 g/mol. The van der Waals surface area contributed by atoms with Crippen molar-refractivity contribution in [2.75, 3.05) is 27.3 Å². The number of carboxylic acids is 1. The maximum Gasteiger partial charge on any atom is 0.307 e. The monoisotopic (exact) mass is 412 g/mol. The molecule has 3 aromatic rings. The summed E-state index contributed by atoms with van der Waals surface area (Å²) in [5.74, 6) is 0.360. The van der Waals surface area contributed by atoms with Crippen LogP contribution in [0.15, 0.2) is 42.5 Å². The predicted molar refractivity (Wildman–Crippen MR) is 113 cm³/mol. The molecular weight excluding hydrogens is 388 g/mol.